The fourth-order valence-corrected chi connectivity index (χ4v) is 2.07. The first-order chi connectivity index (χ1) is 8.83. The molecule has 9 nitrogen and oxygen atoms in total. The predicted octanol–water partition coefficient (Wildman–Crippen LogP) is -1.60. The van der Waals surface area contributed by atoms with Crippen LogP contribution in [0.25, 0.3) is 0 Å². The van der Waals surface area contributed by atoms with Gasteiger partial charge >= 0.3 is 8.03 Å². The second kappa shape index (κ2) is 9.27. The summed E-state index contributed by atoms with van der Waals surface area (Å²) in [6, 6.07) is 0. The van der Waals surface area contributed by atoms with Gasteiger partial charge < -0.3 is 20.4 Å². The van der Waals surface area contributed by atoms with Gasteiger partial charge in [-0.15, -0.1) is 4.52 Å². The number of aliphatic hydroxyl groups is 4. The third-order valence-electron chi connectivity index (χ3n) is 2.24. The Kier molecular flexibility index (Phi) is 8.94. The van der Waals surface area contributed by atoms with Crippen molar-refractivity contribution in [2.24, 2.45) is 0 Å². The summed E-state index contributed by atoms with van der Waals surface area (Å²) in [5.74, 6) is -1.50. The van der Waals surface area contributed by atoms with Gasteiger partial charge in [-0.1, -0.05) is 0 Å². The molecule has 0 aliphatic rings. The second-order valence-corrected chi connectivity index (χ2v) is 5.20. The Hall–Kier alpha value is -0.670. The van der Waals surface area contributed by atoms with Crippen molar-refractivity contribution in [2.75, 3.05) is 13.2 Å². The smallest absolute Gasteiger partial charge is 0.390 e. The number of amides is 1. The van der Waals surface area contributed by atoms with Crippen molar-refractivity contribution in [3.05, 3.63) is 0 Å². The molecule has 0 heterocycles. The molecule has 0 fully saturated rings. The van der Waals surface area contributed by atoms with E-state index in [-0.39, 0.29) is 18.1 Å². The molecule has 0 aromatic heterocycles. The van der Waals surface area contributed by atoms with Gasteiger partial charge in [0, 0.05) is 0 Å². The summed E-state index contributed by atoms with van der Waals surface area (Å²) in [5.41, 5.74) is 0. The molecule has 112 valence electrons. The average Bonchev–Trinajstić information content (AvgIpc) is 2.37. The maximum atomic E-state index is 11.2. The lowest BCUT2D eigenvalue weighted by molar-refractivity contribution is -0.163. The molecule has 19 heavy (non-hydrogen) atoms. The molecule has 0 rings (SSSR count). The van der Waals surface area contributed by atoms with Gasteiger partial charge in [-0.25, -0.2) is 5.06 Å². The lowest BCUT2D eigenvalue weighted by Crippen LogP contribution is -2.44. The number of hydroxylamine groups is 2. The molecule has 0 aromatic rings. The molecule has 0 spiro atoms. The minimum atomic E-state index is -2.40. The highest BCUT2D eigenvalue weighted by atomic mass is 31.1. The minimum Gasteiger partial charge on any atom is -0.390 e. The van der Waals surface area contributed by atoms with Crippen LogP contribution in [0.2, 0.25) is 0 Å². The van der Waals surface area contributed by atoms with Gasteiger partial charge in [0.1, 0.15) is 12.2 Å². The monoisotopic (exact) mass is 300 g/mol. The molecular weight excluding hydrogens is 281 g/mol. The van der Waals surface area contributed by atoms with Gasteiger partial charge in [-0.2, -0.15) is 0 Å². The highest BCUT2D eigenvalue weighted by Gasteiger charge is 2.36. The van der Waals surface area contributed by atoms with Gasteiger partial charge in [0.15, 0.2) is 0 Å². The van der Waals surface area contributed by atoms with Crippen LogP contribution in [0.3, 0.4) is 0 Å². The summed E-state index contributed by atoms with van der Waals surface area (Å²) in [4.78, 5) is 10.1. The number of carbonyl (C=O) groups excluding carboxylic acids is 1. The van der Waals surface area contributed by atoms with Crippen LogP contribution < -0.4 is 0 Å². The van der Waals surface area contributed by atoms with E-state index < -0.39 is 45.2 Å². The van der Waals surface area contributed by atoms with E-state index in [0.717, 1.165) is 0 Å². The van der Waals surface area contributed by atoms with E-state index in [2.05, 4.69) is 4.52 Å². The number of aliphatic hydroxyl groups excluding tert-OH is 4. The van der Waals surface area contributed by atoms with Crippen LogP contribution >= 0.6 is 8.03 Å². The van der Waals surface area contributed by atoms with E-state index in [0.29, 0.717) is 0 Å². The van der Waals surface area contributed by atoms with Gasteiger partial charge in [-0.05, 0) is 11.5 Å². The van der Waals surface area contributed by atoms with Crippen LogP contribution in [0.4, 0.5) is 0 Å². The lowest BCUT2D eigenvalue weighted by atomic mass is 10.1. The fourth-order valence-electron chi connectivity index (χ4n) is 1.25. The van der Waals surface area contributed by atoms with Crippen LogP contribution in [-0.4, -0.2) is 74.4 Å². The molecule has 10 heteroatoms. The molecule has 0 bridgehead atoms. The molecule has 0 radical (unpaired) electrons. The van der Waals surface area contributed by atoms with Crippen molar-refractivity contribution < 1.29 is 39.5 Å². The van der Waals surface area contributed by atoms with Gasteiger partial charge in [0.2, 0.25) is 6.41 Å². The molecule has 0 aliphatic carbocycles. The zero-order valence-electron chi connectivity index (χ0n) is 10.4. The Morgan fingerprint density at radius 1 is 1.26 bits per heavy atom. The Morgan fingerprint density at radius 3 is 2.32 bits per heavy atom. The highest BCUT2D eigenvalue weighted by molar-refractivity contribution is 7.39. The lowest BCUT2D eigenvalue weighted by Gasteiger charge is -2.23. The summed E-state index contributed by atoms with van der Waals surface area (Å²) >= 11 is 0. The van der Waals surface area contributed by atoms with Gasteiger partial charge in [0.05, 0.1) is 25.7 Å². The maximum Gasteiger partial charge on any atom is 0.540 e. The van der Waals surface area contributed by atoms with Crippen molar-refractivity contribution in [3.8, 4) is 0 Å². The topological polar surface area (TPSA) is 148 Å². The molecule has 5 N–H and O–H groups in total. The molecule has 0 aromatic carbocycles. The van der Waals surface area contributed by atoms with Gasteiger partial charge in [-0.3, -0.25) is 10.0 Å². The quantitative estimate of drug-likeness (QED) is 0.140. The van der Waals surface area contributed by atoms with Crippen LogP contribution in [-0.2, 0) is 13.9 Å². The van der Waals surface area contributed by atoms with Gasteiger partial charge in [0.25, 0.3) is 5.85 Å². The predicted molar refractivity (Wildman–Crippen MR) is 62.4 cm³/mol. The first-order valence-electron chi connectivity index (χ1n) is 5.55. The summed E-state index contributed by atoms with van der Waals surface area (Å²) in [5, 5.41) is 46.7. The maximum absolute atomic E-state index is 11.2. The normalized spacial score (nSPS) is 18.3. The first kappa shape index (κ1) is 18.3. The van der Waals surface area contributed by atoms with Crippen molar-refractivity contribution in [3.63, 3.8) is 0 Å². The molecular formula is C9H19NO8P+. The molecule has 1 amide bonds. The summed E-state index contributed by atoms with van der Waals surface area (Å²) in [6.45, 7) is 1.08. The number of hydrogen-bond acceptors (Lipinski definition) is 8. The first-order valence-corrected chi connectivity index (χ1v) is 6.80. The Bertz CT molecular complexity index is 291. The van der Waals surface area contributed by atoms with Crippen molar-refractivity contribution in [1.82, 2.24) is 5.06 Å². The Labute approximate surface area is 110 Å². The summed E-state index contributed by atoms with van der Waals surface area (Å²) < 4.78 is 15.9. The SMILES string of the molecule is CCO[P+](=O)C(O)C[C@@H](O)[C@@H](O)[C@@H](O)CN(O)C=O. The van der Waals surface area contributed by atoms with Crippen molar-refractivity contribution >= 4 is 14.4 Å². The zero-order valence-corrected chi connectivity index (χ0v) is 11.3. The third-order valence-corrected chi connectivity index (χ3v) is 3.45. The largest absolute Gasteiger partial charge is 0.540 e. The highest BCUT2D eigenvalue weighted by Crippen LogP contribution is 2.30. The molecule has 0 saturated carbocycles. The Balaban J connectivity index is 4.28. The zero-order chi connectivity index (χ0) is 15.0. The number of carbonyl (C=O) groups is 1. The van der Waals surface area contributed by atoms with Crippen molar-refractivity contribution in [2.45, 2.75) is 37.5 Å². The standard InChI is InChI=1S/C9H19NO8P/c1-2-18-19(17)8(14)3-6(12)9(15)7(13)4-10(16)5-11/h5-9,12-16H,2-4H2,1H3/q+1/t6-,7+,8?,9-/m1/s1. The number of hydrogen-bond donors (Lipinski definition) is 5. The summed E-state index contributed by atoms with van der Waals surface area (Å²) in [6.07, 6.45) is -5.41. The van der Waals surface area contributed by atoms with E-state index in [1.165, 1.54) is 0 Å². The molecule has 5 atom stereocenters. The Morgan fingerprint density at radius 2 is 1.84 bits per heavy atom. The second-order valence-electron chi connectivity index (χ2n) is 3.77. The molecule has 0 saturated heterocycles. The van der Waals surface area contributed by atoms with E-state index >= 15 is 0 Å². The van der Waals surface area contributed by atoms with E-state index in [9.17, 15) is 29.8 Å². The average molecular weight is 300 g/mol. The number of nitrogens with zero attached hydrogens (tertiary/aromatic N) is 1. The van der Waals surface area contributed by atoms with E-state index in [1.807, 2.05) is 0 Å². The van der Waals surface area contributed by atoms with E-state index in [1.54, 1.807) is 6.92 Å². The fraction of sp³-hybridized carbons (Fsp3) is 0.889. The van der Waals surface area contributed by atoms with Crippen LogP contribution in [0.1, 0.15) is 13.3 Å². The van der Waals surface area contributed by atoms with Crippen molar-refractivity contribution in [1.29, 1.82) is 0 Å². The molecule has 0 aliphatic heterocycles. The van der Waals surface area contributed by atoms with Crippen LogP contribution in [0.5, 0.6) is 0 Å². The van der Waals surface area contributed by atoms with Crippen LogP contribution in [0, 0.1) is 0 Å². The molecule has 2 unspecified atom stereocenters. The van der Waals surface area contributed by atoms with Crippen LogP contribution in [0.15, 0.2) is 0 Å². The third kappa shape index (κ3) is 6.88. The van der Waals surface area contributed by atoms with E-state index in [4.69, 9.17) is 5.21 Å². The summed E-state index contributed by atoms with van der Waals surface area (Å²) in [7, 11) is -2.40. The minimum absolute atomic E-state index is 0.0170. The number of rotatable bonds is 10.